The number of nitrogens with one attached hydrogen (secondary N) is 2. The van der Waals surface area contributed by atoms with Crippen LogP contribution in [0.2, 0.25) is 0 Å². The number of amides is 2. The minimum Gasteiger partial charge on any atom is -0.494 e. The second kappa shape index (κ2) is 10.1. The molecule has 138 valence electrons. The number of hydrogen-bond donors (Lipinski definition) is 2. The largest absolute Gasteiger partial charge is 0.494 e. The van der Waals surface area contributed by atoms with Crippen LogP contribution < -0.4 is 15.4 Å². The van der Waals surface area contributed by atoms with Crippen LogP contribution in [0.5, 0.6) is 5.75 Å². The second-order valence-corrected chi connectivity index (χ2v) is 5.69. The molecule has 0 aliphatic heterocycles. The van der Waals surface area contributed by atoms with Gasteiger partial charge in [0.1, 0.15) is 5.75 Å². The molecule has 26 heavy (non-hydrogen) atoms. The van der Waals surface area contributed by atoms with Crippen molar-refractivity contribution >= 4 is 17.7 Å². The highest BCUT2D eigenvalue weighted by molar-refractivity contribution is 5.93. The first-order valence-electron chi connectivity index (χ1n) is 8.57. The molecule has 6 heteroatoms. The summed E-state index contributed by atoms with van der Waals surface area (Å²) >= 11 is 0. The highest BCUT2D eigenvalue weighted by Crippen LogP contribution is 2.17. The van der Waals surface area contributed by atoms with Crippen LogP contribution in [0.1, 0.15) is 31.4 Å². The number of unbranched alkanes of at least 4 members (excludes halogenated alkanes) is 1. The Balaban J connectivity index is 1.96. The van der Waals surface area contributed by atoms with Gasteiger partial charge in [0, 0.05) is 5.69 Å². The van der Waals surface area contributed by atoms with Gasteiger partial charge in [-0.15, -0.1) is 0 Å². The summed E-state index contributed by atoms with van der Waals surface area (Å²) in [5, 5.41) is 5.34. The number of carbonyl (C=O) groups excluding carboxylic acids is 2. The van der Waals surface area contributed by atoms with Gasteiger partial charge in [0.2, 0.25) is 0 Å². The van der Waals surface area contributed by atoms with E-state index < -0.39 is 18.0 Å². The van der Waals surface area contributed by atoms with Gasteiger partial charge in [-0.3, -0.25) is 0 Å². The normalized spacial score (nSPS) is 11.3. The Morgan fingerprint density at radius 3 is 2.35 bits per heavy atom. The van der Waals surface area contributed by atoms with Crippen LogP contribution in [0.15, 0.2) is 54.6 Å². The van der Waals surface area contributed by atoms with Crippen LogP contribution >= 0.6 is 0 Å². The van der Waals surface area contributed by atoms with Gasteiger partial charge in [-0.2, -0.15) is 0 Å². The topological polar surface area (TPSA) is 76.7 Å². The average Bonchev–Trinajstić information content (AvgIpc) is 2.68. The summed E-state index contributed by atoms with van der Waals surface area (Å²) in [6, 6.07) is 14.6. The molecular weight excluding hydrogens is 332 g/mol. The standard InChI is InChI=1S/C20H24N2O4/c1-3-4-14-26-17-12-10-16(11-13-17)21-20(24)22-18(19(23)25-2)15-8-6-5-7-9-15/h5-13,18H,3-4,14H2,1-2H3,(H2,21,22,24). The summed E-state index contributed by atoms with van der Waals surface area (Å²) < 4.78 is 10.4. The number of anilines is 1. The fraction of sp³-hybridized carbons (Fsp3) is 0.300. The molecule has 2 rings (SSSR count). The zero-order chi connectivity index (χ0) is 18.8. The predicted octanol–water partition coefficient (Wildman–Crippen LogP) is 3.90. The van der Waals surface area contributed by atoms with Crippen molar-refractivity contribution in [1.29, 1.82) is 0 Å². The molecule has 0 aromatic heterocycles. The van der Waals surface area contributed by atoms with E-state index in [1.54, 1.807) is 48.5 Å². The van der Waals surface area contributed by atoms with E-state index in [0.29, 0.717) is 17.9 Å². The molecule has 2 aromatic carbocycles. The lowest BCUT2D eigenvalue weighted by molar-refractivity contribution is -0.143. The predicted molar refractivity (Wildman–Crippen MR) is 100 cm³/mol. The number of urea groups is 1. The zero-order valence-corrected chi connectivity index (χ0v) is 15.0. The van der Waals surface area contributed by atoms with Crippen LogP contribution in [0.4, 0.5) is 10.5 Å². The molecule has 0 fully saturated rings. The molecule has 1 atom stereocenters. The quantitative estimate of drug-likeness (QED) is 0.555. The van der Waals surface area contributed by atoms with Gasteiger partial charge in [0.05, 0.1) is 13.7 Å². The number of carbonyl (C=O) groups is 2. The number of methoxy groups -OCH3 is 1. The number of esters is 1. The zero-order valence-electron chi connectivity index (χ0n) is 15.0. The molecular formula is C20H24N2O4. The van der Waals surface area contributed by atoms with Gasteiger partial charge in [-0.1, -0.05) is 43.7 Å². The molecule has 0 bridgehead atoms. The third-order valence-electron chi connectivity index (χ3n) is 3.72. The molecule has 0 aliphatic carbocycles. The Labute approximate surface area is 153 Å². The van der Waals surface area contributed by atoms with Crippen molar-refractivity contribution in [2.24, 2.45) is 0 Å². The van der Waals surface area contributed by atoms with Gasteiger partial charge >= 0.3 is 12.0 Å². The van der Waals surface area contributed by atoms with Crippen molar-refractivity contribution < 1.29 is 19.1 Å². The Bertz CT molecular complexity index is 702. The minimum absolute atomic E-state index is 0.496. The second-order valence-electron chi connectivity index (χ2n) is 5.69. The molecule has 0 saturated heterocycles. The number of hydrogen-bond acceptors (Lipinski definition) is 4. The fourth-order valence-corrected chi connectivity index (χ4v) is 2.31. The van der Waals surface area contributed by atoms with Crippen LogP contribution in [0, 0.1) is 0 Å². The molecule has 0 heterocycles. The average molecular weight is 356 g/mol. The van der Waals surface area contributed by atoms with Crippen molar-refractivity contribution in [2.75, 3.05) is 19.0 Å². The molecule has 1 unspecified atom stereocenters. The van der Waals surface area contributed by atoms with E-state index in [-0.39, 0.29) is 0 Å². The van der Waals surface area contributed by atoms with Gasteiger partial charge in [-0.25, -0.2) is 9.59 Å². The van der Waals surface area contributed by atoms with Gasteiger partial charge in [-0.05, 0) is 36.2 Å². The maximum Gasteiger partial charge on any atom is 0.333 e. The van der Waals surface area contributed by atoms with Crippen molar-refractivity contribution in [3.8, 4) is 5.75 Å². The van der Waals surface area contributed by atoms with E-state index in [0.717, 1.165) is 18.6 Å². The molecule has 0 aliphatic rings. The summed E-state index contributed by atoms with van der Waals surface area (Å²) in [6.07, 6.45) is 2.07. The fourth-order valence-electron chi connectivity index (χ4n) is 2.31. The summed E-state index contributed by atoms with van der Waals surface area (Å²) in [5.41, 5.74) is 1.25. The van der Waals surface area contributed by atoms with Crippen molar-refractivity contribution in [3.63, 3.8) is 0 Å². The SMILES string of the molecule is CCCCOc1ccc(NC(=O)NC(C(=O)OC)c2ccccc2)cc1. The van der Waals surface area contributed by atoms with Crippen molar-refractivity contribution in [2.45, 2.75) is 25.8 Å². The first kappa shape index (κ1) is 19.3. The third-order valence-corrected chi connectivity index (χ3v) is 3.72. The monoisotopic (exact) mass is 356 g/mol. The van der Waals surface area contributed by atoms with Gasteiger partial charge in [0.15, 0.2) is 6.04 Å². The van der Waals surface area contributed by atoms with Crippen molar-refractivity contribution in [1.82, 2.24) is 5.32 Å². The first-order chi connectivity index (χ1) is 12.6. The van der Waals surface area contributed by atoms with Crippen LogP contribution in [-0.2, 0) is 9.53 Å². The highest BCUT2D eigenvalue weighted by Gasteiger charge is 2.23. The smallest absolute Gasteiger partial charge is 0.333 e. The van der Waals surface area contributed by atoms with E-state index in [1.165, 1.54) is 7.11 Å². The molecule has 6 nitrogen and oxygen atoms in total. The van der Waals surface area contributed by atoms with Crippen LogP contribution in [0.25, 0.3) is 0 Å². The molecule has 0 radical (unpaired) electrons. The molecule has 0 spiro atoms. The molecule has 2 N–H and O–H groups in total. The van der Waals surface area contributed by atoms with Crippen LogP contribution in [-0.4, -0.2) is 25.7 Å². The first-order valence-corrected chi connectivity index (χ1v) is 8.57. The summed E-state index contributed by atoms with van der Waals surface area (Å²) in [4.78, 5) is 24.2. The number of rotatable bonds is 8. The van der Waals surface area contributed by atoms with E-state index >= 15 is 0 Å². The van der Waals surface area contributed by atoms with E-state index in [9.17, 15) is 9.59 Å². The third kappa shape index (κ3) is 5.81. The van der Waals surface area contributed by atoms with E-state index in [1.807, 2.05) is 6.07 Å². The maximum atomic E-state index is 12.3. The Kier molecular flexibility index (Phi) is 7.49. The summed E-state index contributed by atoms with van der Waals surface area (Å²) in [6.45, 7) is 2.77. The van der Waals surface area contributed by atoms with Crippen LogP contribution in [0.3, 0.4) is 0 Å². The summed E-state index contributed by atoms with van der Waals surface area (Å²) in [5.74, 6) is 0.215. The van der Waals surface area contributed by atoms with E-state index in [2.05, 4.69) is 17.6 Å². The lowest BCUT2D eigenvalue weighted by atomic mass is 10.1. The molecule has 2 amide bonds. The van der Waals surface area contributed by atoms with Gasteiger partial charge in [0.25, 0.3) is 0 Å². The Morgan fingerprint density at radius 1 is 1.04 bits per heavy atom. The molecule has 2 aromatic rings. The highest BCUT2D eigenvalue weighted by atomic mass is 16.5. The van der Waals surface area contributed by atoms with Crippen molar-refractivity contribution in [3.05, 3.63) is 60.2 Å². The van der Waals surface area contributed by atoms with Gasteiger partial charge < -0.3 is 20.1 Å². The number of benzene rings is 2. The molecule has 0 saturated carbocycles. The Hall–Kier alpha value is -3.02. The lowest BCUT2D eigenvalue weighted by Crippen LogP contribution is -2.37. The van der Waals surface area contributed by atoms with E-state index in [4.69, 9.17) is 9.47 Å². The summed E-state index contributed by atoms with van der Waals surface area (Å²) in [7, 11) is 1.29. The number of ether oxygens (including phenoxy) is 2. The maximum absolute atomic E-state index is 12.3. The minimum atomic E-state index is -0.877. The Morgan fingerprint density at radius 2 is 1.73 bits per heavy atom. The lowest BCUT2D eigenvalue weighted by Gasteiger charge is -2.17.